The van der Waals surface area contributed by atoms with Crippen LogP contribution in [-0.2, 0) is 4.43 Å². The number of hydrogen-bond acceptors (Lipinski definition) is 1. The van der Waals surface area contributed by atoms with Crippen LogP contribution in [0.3, 0.4) is 0 Å². The molecular weight excluding hydrogens is 188 g/mol. The van der Waals surface area contributed by atoms with Crippen LogP contribution in [0.1, 0.15) is 27.7 Å². The molecule has 14 heavy (non-hydrogen) atoms. The Morgan fingerprint density at radius 1 is 1.07 bits per heavy atom. The van der Waals surface area contributed by atoms with Crippen LogP contribution in [0.4, 0.5) is 0 Å². The van der Waals surface area contributed by atoms with Gasteiger partial charge in [0.2, 0.25) is 0 Å². The molecule has 0 rings (SSSR count). The van der Waals surface area contributed by atoms with Crippen molar-refractivity contribution < 1.29 is 4.43 Å². The minimum Gasteiger partial charge on any atom is -0.414 e. The molecule has 0 aromatic heterocycles. The van der Waals surface area contributed by atoms with Gasteiger partial charge in [0.1, 0.15) is 0 Å². The molecule has 0 unspecified atom stereocenters. The van der Waals surface area contributed by atoms with Gasteiger partial charge < -0.3 is 4.43 Å². The number of allylic oxidation sites excluding steroid dienone is 1. The summed E-state index contributed by atoms with van der Waals surface area (Å²) >= 11 is 0. The van der Waals surface area contributed by atoms with Crippen LogP contribution in [0, 0.1) is 11.8 Å². The van der Waals surface area contributed by atoms with Crippen LogP contribution in [-0.4, -0.2) is 14.4 Å². The highest BCUT2D eigenvalue weighted by Crippen LogP contribution is 2.22. The summed E-state index contributed by atoms with van der Waals surface area (Å²) in [6, 6.07) is 0. The SMILES string of the molecule is C/C=C/[C@H](C)[C@@H](O[Si](C)(C)C)C(C)C. The molecule has 0 aromatic rings. The molecule has 1 nitrogen and oxygen atoms in total. The van der Waals surface area contributed by atoms with Gasteiger partial charge in [-0.25, -0.2) is 0 Å². The lowest BCUT2D eigenvalue weighted by molar-refractivity contribution is 0.109. The van der Waals surface area contributed by atoms with Crippen LogP contribution in [0.25, 0.3) is 0 Å². The second-order valence-electron chi connectivity index (χ2n) is 5.32. The Bertz CT molecular complexity index is 179. The number of rotatable bonds is 5. The van der Waals surface area contributed by atoms with E-state index in [0.717, 1.165) is 0 Å². The van der Waals surface area contributed by atoms with Crippen LogP contribution < -0.4 is 0 Å². The molecule has 2 atom stereocenters. The van der Waals surface area contributed by atoms with Gasteiger partial charge in [-0.2, -0.15) is 0 Å². The third kappa shape index (κ3) is 5.61. The molecule has 0 radical (unpaired) electrons. The van der Waals surface area contributed by atoms with Gasteiger partial charge in [-0.05, 0) is 38.4 Å². The summed E-state index contributed by atoms with van der Waals surface area (Å²) < 4.78 is 6.20. The Labute approximate surface area is 90.7 Å². The van der Waals surface area contributed by atoms with Crippen molar-refractivity contribution in [2.24, 2.45) is 11.8 Å². The summed E-state index contributed by atoms with van der Waals surface area (Å²) in [6.07, 6.45) is 4.73. The second-order valence-corrected chi connectivity index (χ2v) is 9.78. The largest absolute Gasteiger partial charge is 0.414 e. The van der Waals surface area contributed by atoms with Crippen LogP contribution >= 0.6 is 0 Å². The van der Waals surface area contributed by atoms with Crippen molar-refractivity contribution in [1.82, 2.24) is 0 Å². The molecule has 0 heterocycles. The molecule has 0 N–H and O–H groups in total. The van der Waals surface area contributed by atoms with E-state index in [4.69, 9.17) is 4.43 Å². The van der Waals surface area contributed by atoms with Crippen molar-refractivity contribution in [3.8, 4) is 0 Å². The highest BCUT2D eigenvalue weighted by Gasteiger charge is 2.26. The van der Waals surface area contributed by atoms with Gasteiger partial charge in [-0.1, -0.05) is 32.9 Å². The minimum atomic E-state index is -1.41. The zero-order chi connectivity index (χ0) is 11.4. The molecular formula is C12H26OSi. The van der Waals surface area contributed by atoms with E-state index in [0.29, 0.717) is 17.9 Å². The second kappa shape index (κ2) is 5.71. The molecule has 0 bridgehead atoms. The van der Waals surface area contributed by atoms with Crippen LogP contribution in [0.2, 0.25) is 19.6 Å². The molecule has 0 aliphatic rings. The Hall–Kier alpha value is -0.0831. The van der Waals surface area contributed by atoms with Gasteiger partial charge in [-0.3, -0.25) is 0 Å². The highest BCUT2D eigenvalue weighted by atomic mass is 28.4. The van der Waals surface area contributed by atoms with Crippen LogP contribution in [0.15, 0.2) is 12.2 Å². The monoisotopic (exact) mass is 214 g/mol. The third-order valence-electron chi connectivity index (χ3n) is 2.16. The molecule has 0 saturated heterocycles. The quantitative estimate of drug-likeness (QED) is 0.495. The molecule has 0 aliphatic heterocycles. The molecule has 0 aromatic carbocycles. The van der Waals surface area contributed by atoms with Crippen molar-refractivity contribution in [2.75, 3.05) is 0 Å². The molecule has 0 spiro atoms. The topological polar surface area (TPSA) is 9.23 Å². The Morgan fingerprint density at radius 2 is 1.57 bits per heavy atom. The van der Waals surface area contributed by atoms with Crippen molar-refractivity contribution >= 4 is 8.32 Å². The zero-order valence-electron chi connectivity index (χ0n) is 10.8. The highest BCUT2D eigenvalue weighted by molar-refractivity contribution is 6.69. The van der Waals surface area contributed by atoms with Gasteiger partial charge >= 0.3 is 0 Å². The van der Waals surface area contributed by atoms with Crippen molar-refractivity contribution in [3.05, 3.63) is 12.2 Å². The lowest BCUT2D eigenvalue weighted by Gasteiger charge is -2.32. The predicted octanol–water partition coefficient (Wildman–Crippen LogP) is 4.07. The average Bonchev–Trinajstić information content (AvgIpc) is 1.98. The van der Waals surface area contributed by atoms with Crippen molar-refractivity contribution in [3.63, 3.8) is 0 Å². The van der Waals surface area contributed by atoms with Gasteiger partial charge in [-0.15, -0.1) is 0 Å². The average molecular weight is 214 g/mol. The first-order valence-electron chi connectivity index (χ1n) is 5.58. The fourth-order valence-electron chi connectivity index (χ4n) is 1.67. The predicted molar refractivity (Wildman–Crippen MR) is 67.0 cm³/mol. The van der Waals surface area contributed by atoms with E-state index in [-0.39, 0.29) is 0 Å². The van der Waals surface area contributed by atoms with Gasteiger partial charge in [0.05, 0.1) is 6.10 Å². The first kappa shape index (κ1) is 13.9. The van der Waals surface area contributed by atoms with Crippen molar-refractivity contribution in [2.45, 2.75) is 53.4 Å². The molecule has 0 fully saturated rings. The Kier molecular flexibility index (Phi) is 5.68. The van der Waals surface area contributed by atoms with E-state index >= 15 is 0 Å². The minimum absolute atomic E-state index is 0.373. The lowest BCUT2D eigenvalue weighted by Crippen LogP contribution is -2.38. The number of hydrogen-bond donors (Lipinski definition) is 0. The van der Waals surface area contributed by atoms with Gasteiger partial charge in [0, 0.05) is 0 Å². The summed E-state index contributed by atoms with van der Waals surface area (Å²) in [5.74, 6) is 1.11. The standard InChI is InChI=1S/C12H26OSi/c1-8-9-11(4)12(10(2)3)13-14(5,6)7/h8-12H,1-7H3/b9-8+/t11-,12-/m0/s1. The van der Waals surface area contributed by atoms with Crippen molar-refractivity contribution in [1.29, 1.82) is 0 Å². The lowest BCUT2D eigenvalue weighted by atomic mass is 9.95. The maximum absolute atomic E-state index is 6.20. The molecule has 2 heteroatoms. The molecule has 84 valence electrons. The first-order valence-corrected chi connectivity index (χ1v) is 8.99. The van der Waals surface area contributed by atoms with Gasteiger partial charge in [0.15, 0.2) is 8.32 Å². The summed E-state index contributed by atoms with van der Waals surface area (Å²) in [6.45, 7) is 15.6. The van der Waals surface area contributed by atoms with E-state index in [9.17, 15) is 0 Å². The van der Waals surface area contributed by atoms with E-state index in [1.54, 1.807) is 0 Å². The first-order chi connectivity index (χ1) is 6.28. The van der Waals surface area contributed by atoms with E-state index < -0.39 is 8.32 Å². The Morgan fingerprint density at radius 3 is 1.86 bits per heavy atom. The van der Waals surface area contributed by atoms with E-state index in [2.05, 4.69) is 59.5 Å². The van der Waals surface area contributed by atoms with E-state index in [1.807, 2.05) is 0 Å². The van der Waals surface area contributed by atoms with Crippen LogP contribution in [0.5, 0.6) is 0 Å². The van der Waals surface area contributed by atoms with Gasteiger partial charge in [0.25, 0.3) is 0 Å². The third-order valence-corrected chi connectivity index (χ3v) is 3.14. The molecule has 0 saturated carbocycles. The smallest absolute Gasteiger partial charge is 0.184 e. The van der Waals surface area contributed by atoms with E-state index in [1.165, 1.54) is 0 Å². The molecule has 0 aliphatic carbocycles. The summed E-state index contributed by atoms with van der Waals surface area (Å²) in [5, 5.41) is 0. The Balaban J connectivity index is 4.44. The molecule has 0 amide bonds. The normalized spacial score (nSPS) is 17.7. The summed E-state index contributed by atoms with van der Waals surface area (Å²) in [5.41, 5.74) is 0. The fraction of sp³-hybridized carbons (Fsp3) is 0.833. The summed E-state index contributed by atoms with van der Waals surface area (Å²) in [4.78, 5) is 0. The fourth-order valence-corrected chi connectivity index (χ4v) is 2.98. The zero-order valence-corrected chi connectivity index (χ0v) is 11.8. The maximum Gasteiger partial charge on any atom is 0.184 e. The summed E-state index contributed by atoms with van der Waals surface area (Å²) in [7, 11) is -1.41. The maximum atomic E-state index is 6.20.